The molecule has 4 nitrogen and oxygen atoms in total. The van der Waals surface area contributed by atoms with Gasteiger partial charge in [0, 0.05) is 5.56 Å². The van der Waals surface area contributed by atoms with E-state index in [4.69, 9.17) is 0 Å². The quantitative estimate of drug-likeness (QED) is 0.739. The van der Waals surface area contributed by atoms with Crippen molar-refractivity contribution < 1.29 is 14.7 Å². The van der Waals surface area contributed by atoms with E-state index in [2.05, 4.69) is 0 Å². The number of carbonyl (C=O) groups is 2. The molecule has 0 aliphatic carbocycles. The summed E-state index contributed by atoms with van der Waals surface area (Å²) in [5, 5.41) is 13.4. The summed E-state index contributed by atoms with van der Waals surface area (Å²) < 4.78 is 0. The summed E-state index contributed by atoms with van der Waals surface area (Å²) in [6.45, 7) is 1.60. The Morgan fingerprint density at radius 2 is 1.54 bits per heavy atom. The van der Waals surface area contributed by atoms with Gasteiger partial charge in [0.15, 0.2) is 5.78 Å². The highest BCUT2D eigenvalue weighted by Crippen LogP contribution is 2.29. The highest BCUT2D eigenvalue weighted by atomic mass is 16.3. The topological polar surface area (TPSA) is 57.6 Å². The largest absolute Gasteiger partial charge is 0.394 e. The van der Waals surface area contributed by atoms with Crippen molar-refractivity contribution >= 4 is 33.2 Å². The first kappa shape index (κ1) is 14.8. The van der Waals surface area contributed by atoms with E-state index in [1.807, 2.05) is 42.5 Å². The maximum Gasteiger partial charge on any atom is 0.255 e. The Labute approximate surface area is 139 Å². The number of aliphatic hydroxyl groups excluding tert-OH is 1. The Balaban J connectivity index is 1.93. The van der Waals surface area contributed by atoms with Crippen molar-refractivity contribution in [3.8, 4) is 0 Å². The van der Waals surface area contributed by atoms with Crippen LogP contribution in [0.1, 0.15) is 27.6 Å². The summed E-state index contributed by atoms with van der Waals surface area (Å²) >= 11 is 0. The van der Waals surface area contributed by atoms with Crippen LogP contribution in [0.5, 0.6) is 0 Å². The molecule has 3 aromatic carbocycles. The molecule has 4 heteroatoms. The predicted molar refractivity (Wildman–Crippen MR) is 93.4 cm³/mol. The third-order valence-electron chi connectivity index (χ3n) is 4.74. The molecule has 1 N–H and O–H groups in total. The van der Waals surface area contributed by atoms with Gasteiger partial charge in [0.1, 0.15) is 0 Å². The number of Topliss-reactive ketones (excluding diaryl/α,β-unsaturated/α-hetero) is 1. The van der Waals surface area contributed by atoms with Crippen molar-refractivity contribution in [1.29, 1.82) is 0 Å². The molecule has 1 amide bonds. The van der Waals surface area contributed by atoms with E-state index in [0.29, 0.717) is 11.1 Å². The lowest BCUT2D eigenvalue weighted by molar-refractivity contribution is 0.0556. The first-order chi connectivity index (χ1) is 11.6. The number of amides is 1. The molecule has 1 unspecified atom stereocenters. The Morgan fingerprint density at radius 1 is 0.958 bits per heavy atom. The van der Waals surface area contributed by atoms with Crippen LogP contribution in [0.3, 0.4) is 0 Å². The average molecular weight is 319 g/mol. The molecular formula is C20H17NO3. The Bertz CT molecular complexity index is 993. The normalized spacial score (nSPS) is 15.8. The summed E-state index contributed by atoms with van der Waals surface area (Å²) in [7, 11) is 0. The molecule has 0 fully saturated rings. The third-order valence-corrected chi connectivity index (χ3v) is 4.74. The molecule has 0 radical (unpaired) electrons. The van der Waals surface area contributed by atoms with Gasteiger partial charge in [-0.25, -0.2) is 0 Å². The van der Waals surface area contributed by atoms with Crippen LogP contribution in [0.2, 0.25) is 0 Å². The number of fused-ring (bicyclic) bond motifs is 3. The summed E-state index contributed by atoms with van der Waals surface area (Å²) in [6, 6.07) is 15.4. The van der Waals surface area contributed by atoms with Crippen LogP contribution in [0.25, 0.3) is 21.5 Å². The minimum Gasteiger partial charge on any atom is -0.394 e. The van der Waals surface area contributed by atoms with Crippen LogP contribution >= 0.6 is 0 Å². The molecule has 0 saturated heterocycles. The van der Waals surface area contributed by atoms with E-state index in [-0.39, 0.29) is 30.9 Å². The van der Waals surface area contributed by atoms with Gasteiger partial charge in [-0.1, -0.05) is 24.3 Å². The molecule has 0 saturated carbocycles. The van der Waals surface area contributed by atoms with Gasteiger partial charge in [0.2, 0.25) is 0 Å². The molecule has 0 aromatic heterocycles. The van der Waals surface area contributed by atoms with Crippen LogP contribution in [-0.2, 0) is 0 Å². The van der Waals surface area contributed by atoms with Crippen LogP contribution in [0.15, 0.2) is 48.5 Å². The van der Waals surface area contributed by atoms with Crippen molar-refractivity contribution in [1.82, 2.24) is 4.90 Å². The molecular weight excluding hydrogens is 302 g/mol. The molecule has 1 heterocycles. The minimum absolute atomic E-state index is 0.0205. The lowest BCUT2D eigenvalue weighted by atomic mass is 9.92. The van der Waals surface area contributed by atoms with E-state index in [9.17, 15) is 14.7 Å². The average Bonchev–Trinajstić information content (AvgIpc) is 2.61. The Hall–Kier alpha value is -2.72. The van der Waals surface area contributed by atoms with Gasteiger partial charge in [0.05, 0.1) is 24.8 Å². The fourth-order valence-electron chi connectivity index (χ4n) is 3.32. The monoisotopic (exact) mass is 319 g/mol. The molecule has 3 aromatic rings. The number of carbonyl (C=O) groups excluding carboxylic acids is 2. The standard InChI is InChI=1S/C20H17NO3/c1-12(11-22)21-10-19(23)17-8-15-6-13-4-2-3-5-14(13)7-16(15)9-18(17)20(21)24/h2-9,12,22H,10-11H2,1H3. The van der Waals surface area contributed by atoms with Gasteiger partial charge in [-0.15, -0.1) is 0 Å². The lowest BCUT2D eigenvalue weighted by Crippen LogP contribution is -2.47. The van der Waals surface area contributed by atoms with Crippen molar-refractivity contribution in [2.75, 3.05) is 13.2 Å². The lowest BCUT2D eigenvalue weighted by Gasteiger charge is -2.32. The summed E-state index contributed by atoms with van der Waals surface area (Å²) in [4.78, 5) is 26.7. The second-order valence-corrected chi connectivity index (χ2v) is 6.33. The zero-order chi connectivity index (χ0) is 16.8. The van der Waals surface area contributed by atoms with Gasteiger partial charge < -0.3 is 10.0 Å². The number of hydrogen-bond donors (Lipinski definition) is 1. The minimum atomic E-state index is -0.373. The molecule has 0 spiro atoms. The molecule has 4 rings (SSSR count). The van der Waals surface area contributed by atoms with Crippen molar-refractivity contribution in [2.45, 2.75) is 13.0 Å². The van der Waals surface area contributed by atoms with Gasteiger partial charge in [-0.05, 0) is 52.7 Å². The first-order valence-electron chi connectivity index (χ1n) is 8.00. The molecule has 1 atom stereocenters. The number of ketones is 1. The SMILES string of the molecule is CC(CO)N1CC(=O)c2cc3cc4ccccc4cc3cc2C1=O. The number of nitrogens with zero attached hydrogens (tertiary/aromatic N) is 1. The van der Waals surface area contributed by atoms with Gasteiger partial charge in [0.25, 0.3) is 5.91 Å². The smallest absolute Gasteiger partial charge is 0.255 e. The number of rotatable bonds is 2. The van der Waals surface area contributed by atoms with Crippen LogP contribution in [0.4, 0.5) is 0 Å². The zero-order valence-electron chi connectivity index (χ0n) is 13.3. The number of benzene rings is 3. The Kier molecular flexibility index (Phi) is 3.36. The summed E-state index contributed by atoms with van der Waals surface area (Å²) in [5.41, 5.74) is 0.901. The summed E-state index contributed by atoms with van der Waals surface area (Å²) in [6.07, 6.45) is 0. The van der Waals surface area contributed by atoms with E-state index < -0.39 is 0 Å². The van der Waals surface area contributed by atoms with Crippen LogP contribution in [0, 0.1) is 0 Å². The van der Waals surface area contributed by atoms with Crippen LogP contribution in [-0.4, -0.2) is 40.9 Å². The van der Waals surface area contributed by atoms with Crippen LogP contribution < -0.4 is 0 Å². The van der Waals surface area contributed by atoms with Gasteiger partial charge >= 0.3 is 0 Å². The van der Waals surface area contributed by atoms with E-state index in [1.54, 1.807) is 13.0 Å². The molecule has 1 aliphatic rings. The number of hydrogen-bond acceptors (Lipinski definition) is 3. The van der Waals surface area contributed by atoms with E-state index >= 15 is 0 Å². The van der Waals surface area contributed by atoms with Crippen molar-refractivity contribution in [2.24, 2.45) is 0 Å². The molecule has 0 bridgehead atoms. The predicted octanol–water partition coefficient (Wildman–Crippen LogP) is 3.01. The van der Waals surface area contributed by atoms with Gasteiger partial charge in [-0.2, -0.15) is 0 Å². The molecule has 1 aliphatic heterocycles. The Morgan fingerprint density at radius 3 is 2.12 bits per heavy atom. The van der Waals surface area contributed by atoms with Crippen molar-refractivity contribution in [3.63, 3.8) is 0 Å². The number of aliphatic hydroxyl groups is 1. The second-order valence-electron chi connectivity index (χ2n) is 6.33. The second kappa shape index (κ2) is 5.42. The molecule has 24 heavy (non-hydrogen) atoms. The molecule has 120 valence electrons. The van der Waals surface area contributed by atoms with Gasteiger partial charge in [-0.3, -0.25) is 9.59 Å². The fraction of sp³-hybridized carbons (Fsp3) is 0.200. The van der Waals surface area contributed by atoms with Crippen molar-refractivity contribution in [3.05, 3.63) is 59.7 Å². The third kappa shape index (κ3) is 2.19. The highest BCUT2D eigenvalue weighted by Gasteiger charge is 2.32. The van der Waals surface area contributed by atoms with E-state index in [1.165, 1.54) is 4.90 Å². The summed E-state index contributed by atoms with van der Waals surface area (Å²) in [5.74, 6) is -0.277. The maximum atomic E-state index is 12.7. The highest BCUT2D eigenvalue weighted by molar-refractivity contribution is 6.17. The first-order valence-corrected chi connectivity index (χ1v) is 8.00. The maximum absolute atomic E-state index is 12.7. The fourth-order valence-corrected chi connectivity index (χ4v) is 3.32. The van der Waals surface area contributed by atoms with E-state index in [0.717, 1.165) is 21.5 Å². The zero-order valence-corrected chi connectivity index (χ0v) is 13.3.